The first-order chi connectivity index (χ1) is 14.1. The molecule has 4 rings (SSSR count). The van der Waals surface area contributed by atoms with E-state index in [1.54, 1.807) is 11.4 Å². The highest BCUT2D eigenvalue weighted by Gasteiger charge is 2.16. The van der Waals surface area contributed by atoms with Crippen LogP contribution in [0.25, 0.3) is 22.1 Å². The SMILES string of the molecule is CCCn1c2ccccc2c2nnc(SCC(=O)Nc3sccc3C(N)=O)nc21. The van der Waals surface area contributed by atoms with E-state index in [0.717, 1.165) is 35.0 Å². The van der Waals surface area contributed by atoms with Crippen LogP contribution in [0.3, 0.4) is 0 Å². The summed E-state index contributed by atoms with van der Waals surface area (Å²) in [5.41, 5.74) is 8.20. The average Bonchev–Trinajstić information content (AvgIpc) is 3.30. The summed E-state index contributed by atoms with van der Waals surface area (Å²) in [6, 6.07) is 9.61. The van der Waals surface area contributed by atoms with Crippen molar-refractivity contribution in [1.82, 2.24) is 19.7 Å². The van der Waals surface area contributed by atoms with Gasteiger partial charge in [0.1, 0.15) is 10.5 Å². The standard InChI is InChI=1S/C19H18N6O2S2/c1-2-8-25-13-6-4-3-5-11(13)15-17(25)22-19(24-23-15)29-10-14(26)21-18-12(16(20)27)7-9-28-18/h3-7,9H,2,8,10H2,1H3,(H2,20,27)(H,21,26). The molecule has 0 aliphatic rings. The molecule has 2 amide bonds. The predicted octanol–water partition coefficient (Wildman–Crippen LogP) is 3.28. The number of aryl methyl sites for hydroxylation is 1. The molecule has 10 heteroatoms. The molecule has 1 aromatic carbocycles. The van der Waals surface area contributed by atoms with Crippen molar-refractivity contribution in [2.24, 2.45) is 5.73 Å². The fourth-order valence-electron chi connectivity index (χ4n) is 3.09. The number of carbonyl (C=O) groups is 2. The molecule has 29 heavy (non-hydrogen) atoms. The Labute approximate surface area is 174 Å². The van der Waals surface area contributed by atoms with Gasteiger partial charge >= 0.3 is 0 Å². The Hall–Kier alpha value is -2.98. The van der Waals surface area contributed by atoms with Crippen molar-refractivity contribution in [2.75, 3.05) is 11.1 Å². The average molecular weight is 427 g/mol. The lowest BCUT2D eigenvalue weighted by atomic mass is 10.2. The van der Waals surface area contributed by atoms with Gasteiger partial charge < -0.3 is 15.6 Å². The molecule has 0 unspecified atom stereocenters. The molecule has 0 atom stereocenters. The first-order valence-electron chi connectivity index (χ1n) is 9.00. The molecule has 0 spiro atoms. The zero-order valence-corrected chi connectivity index (χ0v) is 17.2. The van der Waals surface area contributed by atoms with Gasteiger partial charge in [-0.3, -0.25) is 9.59 Å². The van der Waals surface area contributed by atoms with E-state index in [1.807, 2.05) is 24.3 Å². The zero-order valence-electron chi connectivity index (χ0n) is 15.6. The smallest absolute Gasteiger partial charge is 0.251 e. The van der Waals surface area contributed by atoms with Gasteiger partial charge in [-0.25, -0.2) is 4.98 Å². The number of nitrogens with one attached hydrogen (secondary N) is 1. The highest BCUT2D eigenvalue weighted by atomic mass is 32.2. The molecule has 3 heterocycles. The number of thiophene rings is 1. The van der Waals surface area contributed by atoms with Crippen LogP contribution in [0.4, 0.5) is 5.00 Å². The highest BCUT2D eigenvalue weighted by molar-refractivity contribution is 7.99. The van der Waals surface area contributed by atoms with Crippen molar-refractivity contribution >= 4 is 62.0 Å². The number of para-hydroxylation sites is 1. The van der Waals surface area contributed by atoms with Crippen molar-refractivity contribution in [1.29, 1.82) is 0 Å². The second-order valence-corrected chi connectivity index (χ2v) is 8.16. The number of hydrogen-bond acceptors (Lipinski definition) is 7. The number of amides is 2. The molecule has 4 aromatic rings. The lowest BCUT2D eigenvalue weighted by molar-refractivity contribution is -0.113. The summed E-state index contributed by atoms with van der Waals surface area (Å²) in [5.74, 6) is -0.745. The number of carbonyl (C=O) groups excluding carboxylic acids is 2. The van der Waals surface area contributed by atoms with Gasteiger partial charge in [0.15, 0.2) is 5.65 Å². The van der Waals surface area contributed by atoms with Gasteiger partial charge in [0.2, 0.25) is 11.1 Å². The molecular weight excluding hydrogens is 408 g/mol. The molecule has 0 radical (unpaired) electrons. The monoisotopic (exact) mass is 426 g/mol. The van der Waals surface area contributed by atoms with Crippen LogP contribution in [-0.4, -0.2) is 37.3 Å². The molecule has 8 nitrogen and oxygen atoms in total. The molecule has 0 fully saturated rings. The van der Waals surface area contributed by atoms with E-state index >= 15 is 0 Å². The molecule has 0 bridgehead atoms. The molecule has 0 aliphatic carbocycles. The maximum atomic E-state index is 12.3. The third-order valence-electron chi connectivity index (χ3n) is 4.32. The quantitative estimate of drug-likeness (QED) is 0.438. The molecule has 0 saturated carbocycles. The highest BCUT2D eigenvalue weighted by Crippen LogP contribution is 2.28. The van der Waals surface area contributed by atoms with Crippen LogP contribution in [-0.2, 0) is 11.3 Å². The van der Waals surface area contributed by atoms with E-state index in [2.05, 4.69) is 32.0 Å². The molecular formula is C19H18N6O2S2. The summed E-state index contributed by atoms with van der Waals surface area (Å²) in [7, 11) is 0. The van der Waals surface area contributed by atoms with E-state index in [4.69, 9.17) is 5.73 Å². The van der Waals surface area contributed by atoms with Gasteiger partial charge in [-0.1, -0.05) is 36.9 Å². The Balaban J connectivity index is 1.54. The van der Waals surface area contributed by atoms with Crippen molar-refractivity contribution in [3.8, 4) is 0 Å². The number of hydrogen-bond donors (Lipinski definition) is 2. The Morgan fingerprint density at radius 1 is 1.24 bits per heavy atom. The fraction of sp³-hybridized carbons (Fsp3) is 0.211. The molecule has 3 N–H and O–H groups in total. The van der Waals surface area contributed by atoms with Crippen LogP contribution in [0.1, 0.15) is 23.7 Å². The summed E-state index contributed by atoms with van der Waals surface area (Å²) < 4.78 is 2.13. The van der Waals surface area contributed by atoms with Crippen molar-refractivity contribution in [3.05, 3.63) is 41.3 Å². The summed E-state index contributed by atoms with van der Waals surface area (Å²) in [6.07, 6.45) is 0.964. The lowest BCUT2D eigenvalue weighted by Gasteiger charge is -2.05. The van der Waals surface area contributed by atoms with Crippen LogP contribution in [0.15, 0.2) is 40.9 Å². The van der Waals surface area contributed by atoms with Gasteiger partial charge in [-0.2, -0.15) is 0 Å². The number of rotatable bonds is 7. The second-order valence-electron chi connectivity index (χ2n) is 6.30. The molecule has 0 aliphatic heterocycles. The predicted molar refractivity (Wildman–Crippen MR) is 115 cm³/mol. The normalized spacial score (nSPS) is 11.2. The third kappa shape index (κ3) is 3.81. The number of primary amides is 1. The lowest BCUT2D eigenvalue weighted by Crippen LogP contribution is -2.18. The number of anilines is 1. The number of benzene rings is 1. The third-order valence-corrected chi connectivity index (χ3v) is 5.99. The van der Waals surface area contributed by atoms with Gasteiger partial charge in [0.25, 0.3) is 5.91 Å². The van der Waals surface area contributed by atoms with Crippen LogP contribution in [0.5, 0.6) is 0 Å². The van der Waals surface area contributed by atoms with Crippen LogP contribution in [0.2, 0.25) is 0 Å². The van der Waals surface area contributed by atoms with Gasteiger partial charge in [-0.05, 0) is 23.9 Å². The van der Waals surface area contributed by atoms with Gasteiger partial charge in [-0.15, -0.1) is 21.5 Å². The number of nitrogens with two attached hydrogens (primary N) is 1. The van der Waals surface area contributed by atoms with Crippen LogP contribution < -0.4 is 11.1 Å². The maximum absolute atomic E-state index is 12.3. The summed E-state index contributed by atoms with van der Waals surface area (Å²) in [6.45, 7) is 2.93. The first-order valence-corrected chi connectivity index (χ1v) is 10.9. The minimum Gasteiger partial charge on any atom is -0.366 e. The Morgan fingerprint density at radius 2 is 2.07 bits per heavy atom. The molecule has 148 valence electrons. The summed E-state index contributed by atoms with van der Waals surface area (Å²) in [5, 5.41) is 14.8. The van der Waals surface area contributed by atoms with Crippen molar-refractivity contribution < 1.29 is 9.59 Å². The van der Waals surface area contributed by atoms with E-state index in [0.29, 0.717) is 15.7 Å². The minimum absolute atomic E-state index is 0.0945. The summed E-state index contributed by atoms with van der Waals surface area (Å²) >= 11 is 2.45. The molecule has 0 saturated heterocycles. The Bertz CT molecular complexity index is 1220. The van der Waals surface area contributed by atoms with Gasteiger partial charge in [0.05, 0.1) is 16.8 Å². The van der Waals surface area contributed by atoms with Gasteiger partial charge in [0, 0.05) is 11.9 Å². The number of thioether (sulfide) groups is 1. The zero-order chi connectivity index (χ0) is 20.4. The van der Waals surface area contributed by atoms with Crippen LogP contribution in [0, 0.1) is 0 Å². The number of fused-ring (bicyclic) bond motifs is 3. The number of aromatic nitrogens is 4. The van der Waals surface area contributed by atoms with E-state index in [-0.39, 0.29) is 11.7 Å². The fourth-order valence-corrected chi connectivity index (χ4v) is 4.48. The van der Waals surface area contributed by atoms with E-state index < -0.39 is 5.91 Å². The van der Waals surface area contributed by atoms with Crippen molar-refractivity contribution in [2.45, 2.75) is 25.0 Å². The summed E-state index contributed by atoms with van der Waals surface area (Å²) in [4.78, 5) is 28.3. The molecule has 3 aromatic heterocycles. The van der Waals surface area contributed by atoms with Crippen molar-refractivity contribution in [3.63, 3.8) is 0 Å². The number of nitrogens with zero attached hydrogens (tertiary/aromatic N) is 4. The minimum atomic E-state index is -0.573. The Morgan fingerprint density at radius 3 is 2.86 bits per heavy atom. The maximum Gasteiger partial charge on any atom is 0.251 e. The largest absolute Gasteiger partial charge is 0.366 e. The van der Waals surface area contributed by atoms with E-state index in [9.17, 15) is 9.59 Å². The van der Waals surface area contributed by atoms with E-state index in [1.165, 1.54) is 23.1 Å². The topological polar surface area (TPSA) is 116 Å². The van der Waals surface area contributed by atoms with Crippen LogP contribution >= 0.6 is 23.1 Å². The Kier molecular flexibility index (Phi) is 5.45. The first kappa shape index (κ1) is 19.3. The second kappa shape index (κ2) is 8.18.